The molecule has 0 saturated carbocycles. The van der Waals surface area contributed by atoms with E-state index in [0.29, 0.717) is 33.9 Å². The molecule has 8 heteroatoms. The Labute approximate surface area is 142 Å². The van der Waals surface area contributed by atoms with Gasteiger partial charge in [0, 0.05) is 29.5 Å². The third-order valence-electron chi connectivity index (χ3n) is 4.69. The van der Waals surface area contributed by atoms with Crippen LogP contribution in [-0.4, -0.2) is 21.5 Å². The molecule has 3 amide bonds. The van der Waals surface area contributed by atoms with E-state index >= 15 is 0 Å². The summed E-state index contributed by atoms with van der Waals surface area (Å²) in [6.45, 7) is 4.13. The Morgan fingerprint density at radius 1 is 1.29 bits per heavy atom. The predicted octanol–water partition coefficient (Wildman–Crippen LogP) is 1.61. The van der Waals surface area contributed by atoms with E-state index in [9.17, 15) is 14.4 Å². The molecular weight excluding hydrogens is 332 g/mol. The minimum absolute atomic E-state index is 0.0292. The summed E-state index contributed by atoms with van der Waals surface area (Å²) in [6, 6.07) is 2.76. The van der Waals surface area contributed by atoms with Crippen molar-refractivity contribution in [3.05, 3.63) is 38.8 Å². The number of aryl methyl sites for hydroxylation is 1. The monoisotopic (exact) mass is 346 g/mol. The minimum Gasteiger partial charge on any atom is -0.319 e. The Kier molecular flexibility index (Phi) is 3.02. The van der Waals surface area contributed by atoms with Gasteiger partial charge in [0.25, 0.3) is 11.5 Å². The number of hydrogen-bond acceptors (Lipinski definition) is 4. The molecule has 124 valence electrons. The summed E-state index contributed by atoms with van der Waals surface area (Å²) in [5, 5.41) is 5.38. The number of halogens is 1. The largest absolute Gasteiger partial charge is 0.322 e. The second kappa shape index (κ2) is 4.80. The lowest BCUT2D eigenvalue weighted by molar-refractivity contribution is -0.124. The number of hydrogen-bond donors (Lipinski definition) is 2. The number of amides is 3. The van der Waals surface area contributed by atoms with E-state index in [0.717, 1.165) is 0 Å². The van der Waals surface area contributed by atoms with Gasteiger partial charge in [-0.2, -0.15) is 0 Å². The molecule has 24 heavy (non-hydrogen) atoms. The Morgan fingerprint density at radius 3 is 2.67 bits per heavy atom. The number of benzene rings is 1. The van der Waals surface area contributed by atoms with E-state index in [1.54, 1.807) is 16.7 Å². The summed E-state index contributed by atoms with van der Waals surface area (Å²) in [4.78, 5) is 41.4. The first-order chi connectivity index (χ1) is 11.3. The lowest BCUT2D eigenvalue weighted by atomic mass is 9.83. The summed E-state index contributed by atoms with van der Waals surface area (Å²) in [6.07, 6.45) is 0.286. The van der Waals surface area contributed by atoms with Gasteiger partial charge in [-0.15, -0.1) is 0 Å². The van der Waals surface area contributed by atoms with E-state index < -0.39 is 17.5 Å². The van der Waals surface area contributed by atoms with Crippen molar-refractivity contribution < 1.29 is 9.59 Å². The van der Waals surface area contributed by atoms with Crippen LogP contribution in [0.5, 0.6) is 0 Å². The molecule has 1 unspecified atom stereocenters. The van der Waals surface area contributed by atoms with E-state index in [-0.39, 0.29) is 17.9 Å². The van der Waals surface area contributed by atoms with Crippen molar-refractivity contribution in [2.24, 2.45) is 0 Å². The molecule has 1 saturated heterocycles. The molecule has 3 heterocycles. The van der Waals surface area contributed by atoms with Gasteiger partial charge in [0.05, 0.1) is 11.0 Å². The van der Waals surface area contributed by atoms with Gasteiger partial charge in [-0.3, -0.25) is 14.9 Å². The van der Waals surface area contributed by atoms with Gasteiger partial charge in [0.15, 0.2) is 0 Å². The molecule has 7 nitrogen and oxygen atoms in total. The van der Waals surface area contributed by atoms with Crippen LogP contribution in [0.15, 0.2) is 16.9 Å². The zero-order valence-corrected chi connectivity index (χ0v) is 13.9. The number of nitrogens with one attached hydrogen (secondary N) is 2. The summed E-state index contributed by atoms with van der Waals surface area (Å²) >= 11 is 6.22. The van der Waals surface area contributed by atoms with Crippen LogP contribution in [0.2, 0.25) is 5.02 Å². The fourth-order valence-corrected chi connectivity index (χ4v) is 3.77. The first-order valence-electron chi connectivity index (χ1n) is 7.71. The number of carbonyl (C=O) groups is 2. The van der Waals surface area contributed by atoms with Crippen LogP contribution >= 0.6 is 11.6 Å². The lowest BCUT2D eigenvalue weighted by Gasteiger charge is -2.33. The number of rotatable bonds is 1. The van der Waals surface area contributed by atoms with Crippen molar-refractivity contribution in [2.45, 2.75) is 38.3 Å². The topological polar surface area (TPSA) is 93.1 Å². The third-order valence-corrected chi connectivity index (χ3v) is 4.91. The van der Waals surface area contributed by atoms with Crippen LogP contribution < -0.4 is 16.2 Å². The van der Waals surface area contributed by atoms with Gasteiger partial charge in [0.1, 0.15) is 11.2 Å². The maximum Gasteiger partial charge on any atom is 0.322 e. The van der Waals surface area contributed by atoms with Gasteiger partial charge in [-0.1, -0.05) is 25.4 Å². The van der Waals surface area contributed by atoms with Gasteiger partial charge in [0.2, 0.25) is 0 Å². The molecule has 1 spiro atoms. The lowest BCUT2D eigenvalue weighted by Crippen LogP contribution is -2.48. The highest BCUT2D eigenvalue weighted by Gasteiger charge is 2.50. The number of carbonyl (C=O) groups excluding carboxylic acids is 2. The van der Waals surface area contributed by atoms with Crippen LogP contribution in [0.1, 0.15) is 37.4 Å². The normalized spacial score (nSPS) is 22.3. The van der Waals surface area contributed by atoms with Crippen molar-refractivity contribution in [3.8, 4) is 0 Å². The molecule has 1 fully saturated rings. The first-order valence-corrected chi connectivity index (χ1v) is 8.09. The molecule has 2 aliphatic rings. The van der Waals surface area contributed by atoms with Crippen molar-refractivity contribution >= 4 is 34.6 Å². The summed E-state index contributed by atoms with van der Waals surface area (Å²) in [5.41, 5.74) is 0.714. The Morgan fingerprint density at radius 2 is 2.04 bits per heavy atom. The molecule has 0 aliphatic carbocycles. The molecule has 2 aliphatic heterocycles. The van der Waals surface area contributed by atoms with Gasteiger partial charge in [-0.05, 0) is 12.1 Å². The SMILES string of the molecule is CC(C)c1nc2cc(Cl)cc3c2n(c1=O)CCC31NC(=O)NC1=O. The first kappa shape index (κ1) is 15.1. The second-order valence-electron chi connectivity index (χ2n) is 6.49. The Hall–Kier alpha value is -2.41. The average Bonchev–Trinajstić information content (AvgIpc) is 2.79. The quantitative estimate of drug-likeness (QED) is 0.767. The molecule has 2 N–H and O–H groups in total. The standard InChI is InChI=1S/C16H15ClN4O3/c1-7(2)11-13(22)21-4-3-16(14(23)19-15(24)20-16)9-5-8(17)6-10(18-11)12(9)21/h5-7H,3-4H2,1-2H3,(H2,19,20,23,24). The molecule has 1 atom stereocenters. The highest BCUT2D eigenvalue weighted by Crippen LogP contribution is 2.39. The number of urea groups is 1. The summed E-state index contributed by atoms with van der Waals surface area (Å²) < 4.78 is 1.63. The van der Waals surface area contributed by atoms with Crippen molar-refractivity contribution in [1.82, 2.24) is 20.2 Å². The minimum atomic E-state index is -1.20. The smallest absolute Gasteiger partial charge is 0.319 e. The molecule has 1 aromatic carbocycles. The maximum atomic E-state index is 12.8. The van der Waals surface area contributed by atoms with E-state index in [1.807, 2.05) is 13.8 Å². The van der Waals surface area contributed by atoms with E-state index in [2.05, 4.69) is 15.6 Å². The van der Waals surface area contributed by atoms with Crippen LogP contribution in [0.25, 0.3) is 11.0 Å². The zero-order valence-electron chi connectivity index (χ0n) is 13.1. The van der Waals surface area contributed by atoms with E-state index in [1.165, 1.54) is 0 Å². The molecule has 2 aromatic rings. The number of imide groups is 1. The fourth-order valence-electron chi connectivity index (χ4n) is 3.56. The number of fused-ring (bicyclic) bond motifs is 1. The van der Waals surface area contributed by atoms with Crippen LogP contribution in [0, 0.1) is 0 Å². The fraction of sp³-hybridized carbons (Fsp3) is 0.375. The second-order valence-corrected chi connectivity index (χ2v) is 6.93. The Balaban J connectivity index is 2.12. The van der Waals surface area contributed by atoms with Gasteiger partial charge in [-0.25, -0.2) is 9.78 Å². The van der Waals surface area contributed by atoms with Crippen molar-refractivity contribution in [2.75, 3.05) is 0 Å². The van der Waals surface area contributed by atoms with Crippen molar-refractivity contribution in [1.29, 1.82) is 0 Å². The maximum absolute atomic E-state index is 12.8. The van der Waals surface area contributed by atoms with Gasteiger partial charge >= 0.3 is 6.03 Å². The van der Waals surface area contributed by atoms with Crippen molar-refractivity contribution in [3.63, 3.8) is 0 Å². The van der Waals surface area contributed by atoms with Crippen LogP contribution in [0.3, 0.4) is 0 Å². The summed E-state index contributed by atoms with van der Waals surface area (Å²) in [7, 11) is 0. The average molecular weight is 347 g/mol. The molecule has 1 aromatic heterocycles. The van der Waals surface area contributed by atoms with Crippen LogP contribution in [0.4, 0.5) is 4.79 Å². The third kappa shape index (κ3) is 1.84. The predicted molar refractivity (Wildman–Crippen MR) is 88.1 cm³/mol. The zero-order chi connectivity index (χ0) is 17.2. The number of aromatic nitrogens is 2. The molecular formula is C16H15ClN4O3. The Bertz CT molecular complexity index is 981. The number of nitrogens with zero attached hydrogens (tertiary/aromatic N) is 2. The molecule has 0 bridgehead atoms. The van der Waals surface area contributed by atoms with Crippen LogP contribution in [-0.2, 0) is 16.9 Å². The highest BCUT2D eigenvalue weighted by atomic mass is 35.5. The van der Waals surface area contributed by atoms with E-state index in [4.69, 9.17) is 11.6 Å². The molecule has 4 rings (SSSR count). The summed E-state index contributed by atoms with van der Waals surface area (Å²) in [5.74, 6) is -0.457. The molecule has 0 radical (unpaired) electrons. The van der Waals surface area contributed by atoms with Gasteiger partial charge < -0.3 is 9.88 Å². The highest BCUT2D eigenvalue weighted by molar-refractivity contribution is 6.31.